The maximum absolute atomic E-state index is 10.9. The topological polar surface area (TPSA) is 29.1 Å². The van der Waals surface area contributed by atoms with Crippen molar-refractivity contribution in [1.82, 2.24) is 5.32 Å². The molecule has 1 aliphatic carbocycles. The van der Waals surface area contributed by atoms with Crippen LogP contribution in [0.15, 0.2) is 0 Å². The monoisotopic (exact) mass is 155 g/mol. The summed E-state index contributed by atoms with van der Waals surface area (Å²) in [5, 5.41) is 3.44. The molecule has 0 spiro atoms. The maximum Gasteiger partial charge on any atom is 0.133 e. The van der Waals surface area contributed by atoms with Crippen LogP contribution in [0.1, 0.15) is 39.0 Å². The zero-order chi connectivity index (χ0) is 8.10. The van der Waals surface area contributed by atoms with Gasteiger partial charge in [0, 0.05) is 18.9 Å². The molecule has 1 fully saturated rings. The van der Waals surface area contributed by atoms with Gasteiger partial charge in [-0.15, -0.1) is 0 Å². The normalized spacial score (nSPS) is 20.6. The Hall–Kier alpha value is -0.370. The Kier molecular flexibility index (Phi) is 3.57. The van der Waals surface area contributed by atoms with E-state index in [9.17, 15) is 4.79 Å². The van der Waals surface area contributed by atoms with Crippen molar-refractivity contribution in [2.24, 2.45) is 0 Å². The van der Waals surface area contributed by atoms with Crippen molar-refractivity contribution in [3.05, 3.63) is 0 Å². The van der Waals surface area contributed by atoms with Crippen LogP contribution in [0.5, 0.6) is 0 Å². The van der Waals surface area contributed by atoms with E-state index in [0.717, 1.165) is 32.2 Å². The van der Waals surface area contributed by atoms with Gasteiger partial charge in [-0.2, -0.15) is 0 Å². The lowest BCUT2D eigenvalue weighted by molar-refractivity contribution is -0.120. The third kappa shape index (κ3) is 3.02. The predicted octanol–water partition coefficient (Wildman–Crippen LogP) is 1.50. The summed E-state index contributed by atoms with van der Waals surface area (Å²) in [5.74, 6) is 0.444. The third-order valence-corrected chi connectivity index (χ3v) is 2.23. The molecule has 0 aromatic heterocycles. The van der Waals surface area contributed by atoms with E-state index < -0.39 is 0 Å². The Balaban J connectivity index is 2.12. The highest BCUT2D eigenvalue weighted by Crippen LogP contribution is 2.14. The van der Waals surface area contributed by atoms with Crippen molar-refractivity contribution in [1.29, 1.82) is 0 Å². The van der Waals surface area contributed by atoms with Gasteiger partial charge in [-0.1, -0.05) is 6.92 Å². The van der Waals surface area contributed by atoms with Crippen LogP contribution in [0.4, 0.5) is 0 Å². The van der Waals surface area contributed by atoms with Crippen LogP contribution in [0.25, 0.3) is 0 Å². The van der Waals surface area contributed by atoms with Gasteiger partial charge in [0.15, 0.2) is 0 Å². The second-order valence-electron chi connectivity index (χ2n) is 3.27. The number of nitrogens with one attached hydrogen (secondary N) is 1. The van der Waals surface area contributed by atoms with Gasteiger partial charge in [-0.05, 0) is 25.8 Å². The first-order chi connectivity index (χ1) is 5.33. The van der Waals surface area contributed by atoms with Gasteiger partial charge in [-0.3, -0.25) is 4.79 Å². The van der Waals surface area contributed by atoms with Gasteiger partial charge < -0.3 is 5.32 Å². The molecule has 0 atom stereocenters. The van der Waals surface area contributed by atoms with Gasteiger partial charge in [0.2, 0.25) is 0 Å². The summed E-state index contributed by atoms with van der Waals surface area (Å²) in [6, 6.07) is 0.618. The summed E-state index contributed by atoms with van der Waals surface area (Å²) in [6.45, 7) is 3.26. The molecular weight excluding hydrogens is 138 g/mol. The minimum absolute atomic E-state index is 0.444. The molecule has 64 valence electrons. The lowest BCUT2D eigenvalue weighted by atomic mass is 9.94. The minimum Gasteiger partial charge on any atom is -0.314 e. The minimum atomic E-state index is 0.444. The van der Waals surface area contributed by atoms with Crippen LogP contribution < -0.4 is 5.32 Å². The molecule has 0 aromatic carbocycles. The Bertz CT molecular complexity index is 124. The fourth-order valence-electron chi connectivity index (χ4n) is 1.49. The number of ketones is 1. The van der Waals surface area contributed by atoms with Crippen LogP contribution >= 0.6 is 0 Å². The first kappa shape index (κ1) is 8.72. The van der Waals surface area contributed by atoms with Crippen molar-refractivity contribution in [2.75, 3.05) is 6.54 Å². The van der Waals surface area contributed by atoms with E-state index in [1.54, 1.807) is 0 Å². The van der Waals surface area contributed by atoms with Crippen molar-refractivity contribution in [3.8, 4) is 0 Å². The van der Waals surface area contributed by atoms with E-state index in [0.29, 0.717) is 11.8 Å². The van der Waals surface area contributed by atoms with E-state index in [-0.39, 0.29) is 0 Å². The highest BCUT2D eigenvalue weighted by atomic mass is 16.1. The molecule has 2 heteroatoms. The molecule has 0 unspecified atom stereocenters. The second kappa shape index (κ2) is 4.50. The highest BCUT2D eigenvalue weighted by Gasteiger charge is 2.16. The largest absolute Gasteiger partial charge is 0.314 e. The third-order valence-electron chi connectivity index (χ3n) is 2.23. The van der Waals surface area contributed by atoms with Crippen LogP contribution in [0.2, 0.25) is 0 Å². The number of hydrogen-bond acceptors (Lipinski definition) is 2. The molecule has 0 saturated heterocycles. The van der Waals surface area contributed by atoms with E-state index in [4.69, 9.17) is 0 Å². The van der Waals surface area contributed by atoms with Crippen molar-refractivity contribution < 1.29 is 4.79 Å². The van der Waals surface area contributed by atoms with E-state index >= 15 is 0 Å². The van der Waals surface area contributed by atoms with Crippen molar-refractivity contribution in [2.45, 2.75) is 45.1 Å². The summed E-state index contributed by atoms with van der Waals surface area (Å²) in [7, 11) is 0. The molecular formula is C9H17NO. The number of rotatable bonds is 3. The van der Waals surface area contributed by atoms with Gasteiger partial charge in [0.1, 0.15) is 5.78 Å². The summed E-state index contributed by atoms with van der Waals surface area (Å²) in [4.78, 5) is 10.9. The van der Waals surface area contributed by atoms with Crippen LogP contribution in [-0.4, -0.2) is 18.4 Å². The van der Waals surface area contributed by atoms with Crippen molar-refractivity contribution in [3.63, 3.8) is 0 Å². The molecule has 0 aliphatic heterocycles. The zero-order valence-corrected chi connectivity index (χ0v) is 7.23. The number of carbonyl (C=O) groups is 1. The molecule has 2 nitrogen and oxygen atoms in total. The number of Topliss-reactive ketones (excluding diaryl/α,β-unsaturated/α-hetero) is 1. The summed E-state index contributed by atoms with van der Waals surface area (Å²) in [5.41, 5.74) is 0. The summed E-state index contributed by atoms with van der Waals surface area (Å²) in [6.07, 6.45) is 4.88. The quantitative estimate of drug-likeness (QED) is 0.669. The molecule has 1 N–H and O–H groups in total. The number of hydrogen-bond donors (Lipinski definition) is 1. The first-order valence-corrected chi connectivity index (χ1v) is 4.58. The first-order valence-electron chi connectivity index (χ1n) is 4.58. The molecule has 0 aromatic rings. The fraction of sp³-hybridized carbons (Fsp3) is 0.889. The molecule has 1 aliphatic rings. The molecule has 0 bridgehead atoms. The van der Waals surface area contributed by atoms with Crippen LogP contribution in [0.3, 0.4) is 0 Å². The van der Waals surface area contributed by atoms with Gasteiger partial charge in [-0.25, -0.2) is 0 Å². The van der Waals surface area contributed by atoms with Gasteiger partial charge in [0.25, 0.3) is 0 Å². The lowest BCUT2D eigenvalue weighted by Gasteiger charge is -2.21. The second-order valence-corrected chi connectivity index (χ2v) is 3.27. The van der Waals surface area contributed by atoms with Crippen LogP contribution in [0, 0.1) is 0 Å². The molecule has 1 rings (SSSR count). The fourth-order valence-corrected chi connectivity index (χ4v) is 1.49. The highest BCUT2D eigenvalue weighted by molar-refractivity contribution is 5.79. The number of carbonyl (C=O) groups excluding carboxylic acids is 1. The predicted molar refractivity (Wildman–Crippen MR) is 45.6 cm³/mol. The van der Waals surface area contributed by atoms with E-state index in [1.165, 1.54) is 6.42 Å². The molecule has 0 heterocycles. The maximum atomic E-state index is 10.9. The SMILES string of the molecule is CCCNC1CCC(=O)CC1. The molecule has 0 radical (unpaired) electrons. The zero-order valence-electron chi connectivity index (χ0n) is 7.23. The van der Waals surface area contributed by atoms with Crippen molar-refractivity contribution >= 4 is 5.78 Å². The van der Waals surface area contributed by atoms with Gasteiger partial charge in [0.05, 0.1) is 0 Å². The van der Waals surface area contributed by atoms with E-state index in [1.807, 2.05) is 0 Å². The molecule has 0 amide bonds. The Morgan fingerprint density at radius 2 is 2.09 bits per heavy atom. The van der Waals surface area contributed by atoms with Crippen LogP contribution in [-0.2, 0) is 4.79 Å². The Morgan fingerprint density at radius 1 is 1.45 bits per heavy atom. The lowest BCUT2D eigenvalue weighted by Crippen LogP contribution is -2.33. The Morgan fingerprint density at radius 3 is 2.64 bits per heavy atom. The molecule has 1 saturated carbocycles. The Labute approximate surface area is 68.4 Å². The summed E-state index contributed by atoms with van der Waals surface area (Å²) >= 11 is 0. The van der Waals surface area contributed by atoms with E-state index in [2.05, 4.69) is 12.2 Å². The average molecular weight is 155 g/mol. The van der Waals surface area contributed by atoms with Gasteiger partial charge >= 0.3 is 0 Å². The average Bonchev–Trinajstić information content (AvgIpc) is 2.04. The standard InChI is InChI=1S/C9H17NO/c1-2-7-10-8-3-5-9(11)6-4-8/h8,10H,2-7H2,1H3. The molecule has 11 heavy (non-hydrogen) atoms. The summed E-state index contributed by atoms with van der Waals surface area (Å²) < 4.78 is 0. The smallest absolute Gasteiger partial charge is 0.133 e.